The van der Waals surface area contributed by atoms with Gasteiger partial charge in [-0.15, -0.1) is 0 Å². The lowest BCUT2D eigenvalue weighted by Gasteiger charge is -2.21. The Balaban J connectivity index is 1.79. The topological polar surface area (TPSA) is 105 Å². The van der Waals surface area contributed by atoms with Gasteiger partial charge < -0.3 is 25.0 Å². The van der Waals surface area contributed by atoms with Crippen molar-refractivity contribution in [2.24, 2.45) is 0 Å². The van der Waals surface area contributed by atoms with Crippen LogP contribution in [0.15, 0.2) is 54.6 Å². The Morgan fingerprint density at radius 2 is 1.72 bits per heavy atom. The van der Waals surface area contributed by atoms with Crippen LogP contribution in [-0.2, 0) is 27.3 Å². The SMILES string of the molecule is COC(=O)CCc1ccccc1C(O)C(O)CCNC(=O)OCc1ccccc1. The van der Waals surface area contributed by atoms with Crippen molar-refractivity contribution < 1.29 is 29.3 Å². The summed E-state index contributed by atoms with van der Waals surface area (Å²) in [6, 6.07) is 16.4. The molecule has 2 unspecified atom stereocenters. The number of aliphatic hydroxyl groups is 2. The average molecular weight is 401 g/mol. The van der Waals surface area contributed by atoms with Crippen LogP contribution in [0.4, 0.5) is 4.79 Å². The Bertz CT molecular complexity index is 780. The molecular weight excluding hydrogens is 374 g/mol. The highest BCUT2D eigenvalue weighted by molar-refractivity contribution is 5.69. The molecule has 0 aliphatic rings. The molecule has 29 heavy (non-hydrogen) atoms. The van der Waals surface area contributed by atoms with E-state index in [0.717, 1.165) is 11.1 Å². The third-order valence-corrected chi connectivity index (χ3v) is 4.49. The van der Waals surface area contributed by atoms with Crippen LogP contribution in [0.25, 0.3) is 0 Å². The van der Waals surface area contributed by atoms with Crippen LogP contribution in [0.5, 0.6) is 0 Å². The van der Waals surface area contributed by atoms with E-state index in [-0.39, 0.29) is 32.0 Å². The van der Waals surface area contributed by atoms with Gasteiger partial charge in [0.25, 0.3) is 0 Å². The van der Waals surface area contributed by atoms with Gasteiger partial charge in [0.15, 0.2) is 0 Å². The first kappa shape index (κ1) is 22.4. The Kier molecular flexibility index (Phi) is 9.14. The minimum atomic E-state index is -1.13. The second-order valence-electron chi connectivity index (χ2n) is 6.56. The molecule has 0 aliphatic carbocycles. The second kappa shape index (κ2) is 11.8. The maximum Gasteiger partial charge on any atom is 0.407 e. The molecule has 0 aliphatic heterocycles. The molecule has 7 nitrogen and oxygen atoms in total. The van der Waals surface area contributed by atoms with E-state index in [2.05, 4.69) is 10.1 Å². The summed E-state index contributed by atoms with van der Waals surface area (Å²) in [6.07, 6.45) is -2.07. The lowest BCUT2D eigenvalue weighted by molar-refractivity contribution is -0.140. The van der Waals surface area contributed by atoms with Crippen molar-refractivity contribution in [1.82, 2.24) is 5.32 Å². The lowest BCUT2D eigenvalue weighted by atomic mass is 9.94. The van der Waals surface area contributed by atoms with Gasteiger partial charge in [-0.25, -0.2) is 4.79 Å². The Hall–Kier alpha value is -2.90. The molecule has 1 amide bonds. The minimum Gasteiger partial charge on any atom is -0.469 e. The monoisotopic (exact) mass is 401 g/mol. The van der Waals surface area contributed by atoms with Gasteiger partial charge in [0.2, 0.25) is 0 Å². The van der Waals surface area contributed by atoms with Gasteiger partial charge in [0, 0.05) is 13.0 Å². The third-order valence-electron chi connectivity index (χ3n) is 4.49. The highest BCUT2D eigenvalue weighted by Gasteiger charge is 2.21. The van der Waals surface area contributed by atoms with Crippen molar-refractivity contribution in [1.29, 1.82) is 0 Å². The molecule has 0 saturated heterocycles. The number of aryl methyl sites for hydroxylation is 1. The van der Waals surface area contributed by atoms with Crippen LogP contribution in [-0.4, -0.2) is 42.0 Å². The molecular formula is C22H27NO6. The van der Waals surface area contributed by atoms with E-state index >= 15 is 0 Å². The normalized spacial score (nSPS) is 12.7. The van der Waals surface area contributed by atoms with E-state index in [4.69, 9.17) is 4.74 Å². The summed E-state index contributed by atoms with van der Waals surface area (Å²) in [5, 5.41) is 23.4. The number of hydrogen-bond donors (Lipinski definition) is 3. The van der Waals surface area contributed by atoms with Gasteiger partial charge in [-0.1, -0.05) is 54.6 Å². The van der Waals surface area contributed by atoms with Crippen LogP contribution < -0.4 is 5.32 Å². The van der Waals surface area contributed by atoms with E-state index < -0.39 is 18.3 Å². The number of ether oxygens (including phenoxy) is 2. The standard InChI is InChI=1S/C22H27NO6/c1-28-20(25)12-11-17-9-5-6-10-18(17)21(26)19(24)13-14-23-22(27)29-15-16-7-3-2-4-8-16/h2-10,19,21,24,26H,11-15H2,1H3,(H,23,27). The van der Waals surface area contributed by atoms with Crippen molar-refractivity contribution in [3.63, 3.8) is 0 Å². The van der Waals surface area contributed by atoms with Crippen LogP contribution in [0.1, 0.15) is 35.6 Å². The van der Waals surface area contributed by atoms with Crippen molar-refractivity contribution in [3.05, 3.63) is 71.3 Å². The van der Waals surface area contributed by atoms with E-state index in [9.17, 15) is 19.8 Å². The molecule has 2 aromatic carbocycles. The Morgan fingerprint density at radius 3 is 2.45 bits per heavy atom. The predicted molar refractivity (Wildman–Crippen MR) is 107 cm³/mol. The predicted octanol–water partition coefficient (Wildman–Crippen LogP) is 2.50. The summed E-state index contributed by atoms with van der Waals surface area (Å²) in [4.78, 5) is 23.1. The van der Waals surface area contributed by atoms with Gasteiger partial charge in [-0.05, 0) is 29.5 Å². The van der Waals surface area contributed by atoms with Crippen molar-refractivity contribution in [3.8, 4) is 0 Å². The molecule has 0 aromatic heterocycles. The number of hydrogen-bond acceptors (Lipinski definition) is 6. The minimum absolute atomic E-state index is 0.146. The van der Waals surface area contributed by atoms with Crippen molar-refractivity contribution in [2.45, 2.75) is 38.1 Å². The molecule has 0 bridgehead atoms. The first-order valence-corrected chi connectivity index (χ1v) is 9.46. The Labute approximate surface area is 170 Å². The van der Waals surface area contributed by atoms with E-state index in [1.807, 2.05) is 30.3 Å². The fraction of sp³-hybridized carbons (Fsp3) is 0.364. The second-order valence-corrected chi connectivity index (χ2v) is 6.56. The van der Waals surface area contributed by atoms with Gasteiger partial charge in [-0.3, -0.25) is 4.79 Å². The van der Waals surface area contributed by atoms with Crippen molar-refractivity contribution >= 4 is 12.1 Å². The van der Waals surface area contributed by atoms with Crippen LogP contribution in [0.2, 0.25) is 0 Å². The fourth-order valence-electron chi connectivity index (χ4n) is 2.85. The number of rotatable bonds is 10. The van der Waals surface area contributed by atoms with Crippen LogP contribution in [0.3, 0.4) is 0 Å². The number of benzene rings is 2. The van der Waals surface area contributed by atoms with Gasteiger partial charge >= 0.3 is 12.1 Å². The largest absolute Gasteiger partial charge is 0.469 e. The molecule has 0 fully saturated rings. The fourth-order valence-corrected chi connectivity index (χ4v) is 2.85. The zero-order valence-electron chi connectivity index (χ0n) is 16.4. The van der Waals surface area contributed by atoms with Crippen LogP contribution >= 0.6 is 0 Å². The zero-order chi connectivity index (χ0) is 21.1. The number of carbonyl (C=O) groups is 2. The quantitative estimate of drug-likeness (QED) is 0.529. The number of alkyl carbamates (subject to hydrolysis) is 1. The molecule has 0 heterocycles. The Morgan fingerprint density at radius 1 is 1.03 bits per heavy atom. The maximum atomic E-state index is 11.7. The number of carbonyl (C=O) groups excluding carboxylic acids is 2. The molecule has 0 spiro atoms. The third kappa shape index (κ3) is 7.56. The number of methoxy groups -OCH3 is 1. The average Bonchev–Trinajstić information content (AvgIpc) is 2.76. The van der Waals surface area contributed by atoms with E-state index in [1.165, 1.54) is 7.11 Å². The number of amides is 1. The summed E-state index contributed by atoms with van der Waals surface area (Å²) < 4.78 is 9.74. The molecule has 0 radical (unpaired) electrons. The number of nitrogens with one attached hydrogen (secondary N) is 1. The first-order valence-electron chi connectivity index (χ1n) is 9.46. The number of aliphatic hydroxyl groups excluding tert-OH is 2. The summed E-state index contributed by atoms with van der Waals surface area (Å²) >= 11 is 0. The highest BCUT2D eigenvalue weighted by Crippen LogP contribution is 2.23. The molecule has 3 N–H and O–H groups in total. The molecule has 156 valence electrons. The van der Waals surface area contributed by atoms with Crippen molar-refractivity contribution in [2.75, 3.05) is 13.7 Å². The first-order chi connectivity index (χ1) is 14.0. The highest BCUT2D eigenvalue weighted by atomic mass is 16.5. The van der Waals surface area contributed by atoms with Crippen LogP contribution in [0, 0.1) is 0 Å². The summed E-state index contributed by atoms with van der Waals surface area (Å²) in [5.41, 5.74) is 2.19. The molecule has 2 aromatic rings. The maximum absolute atomic E-state index is 11.7. The zero-order valence-corrected chi connectivity index (χ0v) is 16.4. The molecule has 2 rings (SSSR count). The lowest BCUT2D eigenvalue weighted by Crippen LogP contribution is -2.30. The molecule has 7 heteroatoms. The summed E-state index contributed by atoms with van der Waals surface area (Å²) in [6.45, 7) is 0.307. The van der Waals surface area contributed by atoms with Gasteiger partial charge in [0.05, 0.1) is 13.2 Å². The summed E-state index contributed by atoms with van der Waals surface area (Å²) in [7, 11) is 1.32. The molecule has 2 atom stereocenters. The molecule has 0 saturated carbocycles. The number of esters is 1. The van der Waals surface area contributed by atoms with E-state index in [1.54, 1.807) is 24.3 Å². The van der Waals surface area contributed by atoms with E-state index in [0.29, 0.717) is 12.0 Å². The van der Waals surface area contributed by atoms with Gasteiger partial charge in [0.1, 0.15) is 12.7 Å². The van der Waals surface area contributed by atoms with Gasteiger partial charge in [-0.2, -0.15) is 0 Å². The smallest absolute Gasteiger partial charge is 0.407 e. The summed E-state index contributed by atoms with van der Waals surface area (Å²) in [5.74, 6) is -0.340.